The van der Waals surface area contributed by atoms with E-state index in [2.05, 4.69) is 157 Å². The molecule has 45 heavy (non-hydrogen) atoms. The molecule has 0 N–H and O–H groups in total. The maximum absolute atomic E-state index is 2.46. The topological polar surface area (TPSA) is 0 Å². The van der Waals surface area contributed by atoms with Crippen molar-refractivity contribution < 1.29 is 51.0 Å². The van der Waals surface area contributed by atoms with Crippen LogP contribution in [0.5, 0.6) is 0 Å². The van der Waals surface area contributed by atoms with Gasteiger partial charge >= 0.3 is 26.2 Å². The second-order valence-electron chi connectivity index (χ2n) is 13.4. The number of benzene rings is 5. The van der Waals surface area contributed by atoms with Crippen molar-refractivity contribution in [2.75, 3.05) is 0 Å². The molecule has 3 heteroatoms. The van der Waals surface area contributed by atoms with E-state index in [9.17, 15) is 0 Å². The van der Waals surface area contributed by atoms with Crippen molar-refractivity contribution in [3.63, 3.8) is 0 Å². The van der Waals surface area contributed by atoms with Gasteiger partial charge in [0.2, 0.25) is 0 Å². The molecule has 0 saturated heterocycles. The molecule has 1 aliphatic carbocycles. The first kappa shape index (κ1) is 35.0. The molecular formula is C42H39Cl2Zr. The summed E-state index contributed by atoms with van der Waals surface area (Å²) < 4.78 is 0. The third kappa shape index (κ3) is 6.05. The fourth-order valence-corrected chi connectivity index (χ4v) is 7.19. The van der Waals surface area contributed by atoms with Gasteiger partial charge in [0, 0.05) is 0 Å². The molecule has 1 atom stereocenters. The van der Waals surface area contributed by atoms with Gasteiger partial charge in [-0.2, -0.15) is 0 Å². The van der Waals surface area contributed by atoms with Crippen LogP contribution in [0.3, 0.4) is 0 Å². The van der Waals surface area contributed by atoms with Gasteiger partial charge in [-0.1, -0.05) is 143 Å². The van der Waals surface area contributed by atoms with E-state index in [0.717, 1.165) is 0 Å². The number of allylic oxidation sites excluding steroid dienone is 1. The number of hydrogen-bond donors (Lipinski definition) is 0. The molecule has 0 aliphatic heterocycles. The van der Waals surface area contributed by atoms with Gasteiger partial charge in [0.1, 0.15) is 0 Å². The van der Waals surface area contributed by atoms with Crippen LogP contribution in [-0.4, -0.2) is 0 Å². The van der Waals surface area contributed by atoms with Gasteiger partial charge in [-0.05, 0) is 68.3 Å². The van der Waals surface area contributed by atoms with Crippen LogP contribution >= 0.6 is 0 Å². The van der Waals surface area contributed by atoms with Crippen molar-refractivity contribution in [3.05, 3.63) is 143 Å². The Hall–Kier alpha value is -2.83. The van der Waals surface area contributed by atoms with Gasteiger partial charge < -0.3 is 24.8 Å². The second-order valence-corrected chi connectivity index (χ2v) is 13.4. The van der Waals surface area contributed by atoms with E-state index < -0.39 is 0 Å². The molecule has 0 aromatic heterocycles. The molecule has 7 rings (SSSR count). The molecule has 1 unspecified atom stereocenters. The summed E-state index contributed by atoms with van der Waals surface area (Å²) in [5.41, 5.74) is 13.9. The maximum Gasteiger partial charge on any atom is 3.00 e. The summed E-state index contributed by atoms with van der Waals surface area (Å²) in [5.74, 6) is 0.664. The molecule has 0 spiro atoms. The second kappa shape index (κ2) is 13.5. The smallest absolute Gasteiger partial charge is 1.00 e. The zero-order chi connectivity index (χ0) is 29.2. The summed E-state index contributed by atoms with van der Waals surface area (Å²) in [4.78, 5) is 0. The van der Waals surface area contributed by atoms with E-state index >= 15 is 0 Å². The van der Waals surface area contributed by atoms with Crippen molar-refractivity contribution >= 4 is 27.6 Å². The number of rotatable bonds is 4. The standard InChI is InChI=1S/C42H39.2ClH.Zr/c1-26(2)37-25-30-14-10-18-35(34-17-9-13-28-12-7-8-15-32(28)34)40(30)41(37)39-27(3)24-38-33(16-11-19-36(38)39)29-20-22-31(23-21-29)42(4,5)6;;;/h7-26,39H,1-6H3;2*1H;/q-1;;;+3/p-2. The van der Waals surface area contributed by atoms with Crippen molar-refractivity contribution in [2.45, 2.75) is 58.8 Å². The van der Waals surface area contributed by atoms with Gasteiger partial charge in [-0.25, -0.2) is 0 Å². The average Bonchev–Trinajstić information content (AvgIpc) is 3.53. The van der Waals surface area contributed by atoms with E-state index in [1.807, 2.05) is 0 Å². The molecular weight excluding hydrogens is 667 g/mol. The molecule has 0 heterocycles. The predicted octanol–water partition coefficient (Wildman–Crippen LogP) is 6.02. The molecule has 6 aromatic carbocycles. The molecule has 225 valence electrons. The molecule has 1 radical (unpaired) electrons. The minimum atomic E-state index is 0. The van der Waals surface area contributed by atoms with E-state index in [1.54, 1.807) is 0 Å². The van der Waals surface area contributed by atoms with E-state index in [1.165, 1.54) is 77.2 Å². The van der Waals surface area contributed by atoms with Crippen molar-refractivity contribution in [1.29, 1.82) is 0 Å². The molecule has 0 saturated carbocycles. The van der Waals surface area contributed by atoms with Gasteiger partial charge in [0.25, 0.3) is 0 Å². The first-order valence-corrected chi connectivity index (χ1v) is 15.3. The van der Waals surface area contributed by atoms with E-state index in [-0.39, 0.29) is 62.4 Å². The average molecular weight is 706 g/mol. The SMILES string of the molecule is CC1=Cc2c(-c3ccc(C(C)(C)C)cc3)cccc2C1c1c(C(C)C)[cH-]c2cccc(-c3cccc4ccccc34)c12.[Cl-].[Cl-].[Zr+3]. The third-order valence-corrected chi connectivity index (χ3v) is 9.32. The summed E-state index contributed by atoms with van der Waals surface area (Å²) >= 11 is 0. The van der Waals surface area contributed by atoms with Gasteiger partial charge in [-0.3, -0.25) is 0 Å². The van der Waals surface area contributed by atoms with Gasteiger partial charge in [0.15, 0.2) is 0 Å². The van der Waals surface area contributed by atoms with Crippen LogP contribution in [0.1, 0.15) is 81.2 Å². The summed E-state index contributed by atoms with van der Waals surface area (Å²) in [7, 11) is 0. The minimum Gasteiger partial charge on any atom is -1.00 e. The Morgan fingerprint density at radius 2 is 1.31 bits per heavy atom. The molecule has 6 aromatic rings. The van der Waals surface area contributed by atoms with Crippen LogP contribution in [0.25, 0.3) is 49.9 Å². The van der Waals surface area contributed by atoms with Gasteiger partial charge in [0.05, 0.1) is 0 Å². The zero-order valence-electron chi connectivity index (χ0n) is 26.9. The first-order valence-electron chi connectivity index (χ1n) is 15.3. The summed E-state index contributed by atoms with van der Waals surface area (Å²) in [6, 6.07) is 41.0. The minimum absolute atomic E-state index is 0. The number of hydrogen-bond acceptors (Lipinski definition) is 0. The fraction of sp³-hybridized carbons (Fsp3) is 0.214. The van der Waals surface area contributed by atoms with Crippen LogP contribution in [0.15, 0.2) is 115 Å². The Bertz CT molecular complexity index is 2000. The summed E-state index contributed by atoms with van der Waals surface area (Å²) in [6.45, 7) is 13.9. The Balaban J connectivity index is 0.00000154. The normalized spacial score (nSPS) is 14.0. The number of fused-ring (bicyclic) bond motifs is 3. The Morgan fingerprint density at radius 3 is 2.02 bits per heavy atom. The Labute approximate surface area is 300 Å². The van der Waals surface area contributed by atoms with Crippen LogP contribution in [-0.2, 0) is 31.6 Å². The Kier molecular flexibility index (Phi) is 10.5. The van der Waals surface area contributed by atoms with E-state index in [0.29, 0.717) is 5.92 Å². The van der Waals surface area contributed by atoms with Crippen LogP contribution in [0.4, 0.5) is 0 Å². The van der Waals surface area contributed by atoms with Crippen molar-refractivity contribution in [1.82, 2.24) is 0 Å². The summed E-state index contributed by atoms with van der Waals surface area (Å²) in [5, 5.41) is 5.34. The van der Waals surface area contributed by atoms with Crippen molar-refractivity contribution in [3.8, 4) is 22.3 Å². The Morgan fingerprint density at radius 1 is 0.689 bits per heavy atom. The van der Waals surface area contributed by atoms with Crippen LogP contribution in [0, 0.1) is 0 Å². The quantitative estimate of drug-likeness (QED) is 0.197. The largest absolute Gasteiger partial charge is 3.00 e. The monoisotopic (exact) mass is 703 g/mol. The molecule has 0 amide bonds. The predicted molar refractivity (Wildman–Crippen MR) is 183 cm³/mol. The third-order valence-electron chi connectivity index (χ3n) is 9.32. The van der Waals surface area contributed by atoms with Crippen molar-refractivity contribution in [2.24, 2.45) is 0 Å². The fourth-order valence-electron chi connectivity index (χ4n) is 7.19. The van der Waals surface area contributed by atoms with Crippen LogP contribution < -0.4 is 24.8 Å². The zero-order valence-corrected chi connectivity index (χ0v) is 30.9. The van der Waals surface area contributed by atoms with Crippen LogP contribution in [0.2, 0.25) is 0 Å². The summed E-state index contributed by atoms with van der Waals surface area (Å²) in [6.07, 6.45) is 2.45. The molecule has 1 aliphatic rings. The molecule has 0 fully saturated rings. The van der Waals surface area contributed by atoms with Gasteiger partial charge in [-0.15, -0.1) is 40.1 Å². The maximum atomic E-state index is 2.46. The molecule has 0 bridgehead atoms. The number of halogens is 2. The first-order chi connectivity index (χ1) is 20.2. The van der Waals surface area contributed by atoms with E-state index in [4.69, 9.17) is 0 Å². The molecule has 0 nitrogen and oxygen atoms in total.